The van der Waals surface area contributed by atoms with E-state index in [1.54, 1.807) is 66.9 Å². The third-order valence-electron chi connectivity index (χ3n) is 6.02. The van der Waals surface area contributed by atoms with Gasteiger partial charge >= 0.3 is 6.03 Å². The molecule has 2 heterocycles. The molecule has 3 amide bonds. The van der Waals surface area contributed by atoms with Gasteiger partial charge in [0.05, 0.1) is 30.0 Å². The number of aromatic amines is 1. The summed E-state index contributed by atoms with van der Waals surface area (Å²) in [5.41, 5.74) is 2.91. The standard InChI is InChI=1S/C28H23FN6O3/c1-17(36)18-7-6-8-19(13-18)32-28(38)34-26-27(37)35(15-20-14-30-16-31-20)24-12-5-3-10-22(24)25(33-26)21-9-2-4-11-23(21)29/h2-14,16,26H,15H2,1H3,(H,30,31)(H2,32,34,38)/t26-/m0/s1. The van der Waals surface area contributed by atoms with Gasteiger partial charge in [-0.2, -0.15) is 0 Å². The number of ketones is 1. The highest BCUT2D eigenvalue weighted by Gasteiger charge is 2.34. The zero-order valence-corrected chi connectivity index (χ0v) is 20.3. The fourth-order valence-electron chi connectivity index (χ4n) is 4.20. The third kappa shape index (κ3) is 5.05. The minimum Gasteiger partial charge on any atom is -0.347 e. The molecule has 0 aliphatic carbocycles. The molecule has 0 spiro atoms. The zero-order valence-electron chi connectivity index (χ0n) is 20.3. The van der Waals surface area contributed by atoms with Gasteiger partial charge in [0.25, 0.3) is 5.91 Å². The lowest BCUT2D eigenvalue weighted by Crippen LogP contribution is -2.48. The van der Waals surface area contributed by atoms with Crippen molar-refractivity contribution in [3.8, 4) is 0 Å². The lowest BCUT2D eigenvalue weighted by Gasteiger charge is -2.25. The van der Waals surface area contributed by atoms with E-state index < -0.39 is 23.9 Å². The number of aliphatic imine (C=N–C) groups is 1. The van der Waals surface area contributed by atoms with Gasteiger partial charge in [-0.1, -0.05) is 42.5 Å². The number of benzene rings is 3. The maximum atomic E-state index is 15.0. The van der Waals surface area contributed by atoms with Crippen LogP contribution in [0.25, 0.3) is 0 Å². The van der Waals surface area contributed by atoms with E-state index in [0.717, 1.165) is 0 Å². The summed E-state index contributed by atoms with van der Waals surface area (Å²) in [5, 5.41) is 5.25. The number of carbonyl (C=O) groups excluding carboxylic acids is 3. The van der Waals surface area contributed by atoms with Crippen LogP contribution in [0.4, 0.5) is 20.6 Å². The predicted octanol–water partition coefficient (Wildman–Crippen LogP) is 4.28. The summed E-state index contributed by atoms with van der Waals surface area (Å²) in [6.45, 7) is 1.55. The highest BCUT2D eigenvalue weighted by Crippen LogP contribution is 2.30. The number of urea groups is 1. The number of rotatable bonds is 6. The maximum absolute atomic E-state index is 15.0. The Bertz CT molecular complexity index is 1550. The molecular weight excluding hydrogens is 487 g/mol. The molecule has 1 aliphatic heterocycles. The van der Waals surface area contributed by atoms with Crippen molar-refractivity contribution in [3.05, 3.63) is 114 Å². The number of hydrogen-bond acceptors (Lipinski definition) is 5. The molecule has 0 unspecified atom stereocenters. The molecule has 0 saturated heterocycles. The summed E-state index contributed by atoms with van der Waals surface area (Å²) >= 11 is 0. The van der Waals surface area contributed by atoms with E-state index in [1.165, 1.54) is 30.3 Å². The number of benzodiazepines with no additional fused rings is 1. The molecule has 5 rings (SSSR count). The number of fused-ring (bicyclic) bond motifs is 1. The van der Waals surface area contributed by atoms with Crippen molar-refractivity contribution in [2.75, 3.05) is 10.2 Å². The summed E-state index contributed by atoms with van der Waals surface area (Å²) in [4.78, 5) is 51.6. The number of anilines is 2. The number of carbonyl (C=O) groups is 3. The van der Waals surface area contributed by atoms with Crippen molar-refractivity contribution in [1.82, 2.24) is 15.3 Å². The highest BCUT2D eigenvalue weighted by atomic mass is 19.1. The Kier molecular flexibility index (Phi) is 6.77. The van der Waals surface area contributed by atoms with Crippen LogP contribution in [0.15, 0.2) is 90.3 Å². The van der Waals surface area contributed by atoms with Gasteiger partial charge in [-0.15, -0.1) is 0 Å². The van der Waals surface area contributed by atoms with Crippen LogP contribution in [0.2, 0.25) is 0 Å². The second kappa shape index (κ2) is 10.5. The fraction of sp³-hybridized carbons (Fsp3) is 0.107. The average molecular weight is 511 g/mol. The number of amides is 3. The van der Waals surface area contributed by atoms with Crippen LogP contribution in [0.5, 0.6) is 0 Å². The van der Waals surface area contributed by atoms with Crippen molar-refractivity contribution in [1.29, 1.82) is 0 Å². The molecule has 0 fully saturated rings. The number of nitrogens with zero attached hydrogens (tertiary/aromatic N) is 3. The smallest absolute Gasteiger partial charge is 0.321 e. The SMILES string of the molecule is CC(=O)c1cccc(NC(=O)N[C@@H]2N=C(c3ccccc3F)c3ccccc3N(Cc3cnc[nH]3)C2=O)c1. The van der Waals surface area contributed by atoms with Gasteiger partial charge in [-0.05, 0) is 37.3 Å². The van der Waals surface area contributed by atoms with Gasteiger partial charge in [-0.3, -0.25) is 9.59 Å². The molecule has 4 aromatic rings. The Morgan fingerprint density at radius 3 is 2.53 bits per heavy atom. The number of para-hydroxylation sites is 1. The van der Waals surface area contributed by atoms with Crippen LogP contribution in [0.1, 0.15) is 34.1 Å². The third-order valence-corrected chi connectivity index (χ3v) is 6.02. The summed E-state index contributed by atoms with van der Waals surface area (Å²) < 4.78 is 15.0. The van der Waals surface area contributed by atoms with Crippen molar-refractivity contribution in [2.45, 2.75) is 19.6 Å². The van der Waals surface area contributed by atoms with Gasteiger partial charge in [0, 0.05) is 28.6 Å². The Balaban J connectivity index is 1.54. The number of Topliss-reactive ketones (excluding diaryl/α,β-unsaturated/α-hetero) is 1. The number of halogens is 1. The molecule has 10 heteroatoms. The minimum atomic E-state index is -1.38. The first-order valence-electron chi connectivity index (χ1n) is 11.8. The van der Waals surface area contributed by atoms with E-state index in [0.29, 0.717) is 28.2 Å². The van der Waals surface area contributed by atoms with E-state index in [9.17, 15) is 18.8 Å². The van der Waals surface area contributed by atoms with E-state index >= 15 is 0 Å². The normalized spacial score (nSPS) is 14.8. The molecule has 190 valence electrons. The number of hydrogen-bond donors (Lipinski definition) is 3. The largest absolute Gasteiger partial charge is 0.347 e. The number of nitrogens with one attached hydrogen (secondary N) is 3. The average Bonchev–Trinajstić information content (AvgIpc) is 3.40. The quantitative estimate of drug-likeness (QED) is 0.335. The Labute approximate surface area is 217 Å². The van der Waals surface area contributed by atoms with Crippen molar-refractivity contribution in [3.63, 3.8) is 0 Å². The number of aromatic nitrogens is 2. The topological polar surface area (TPSA) is 120 Å². The molecule has 0 bridgehead atoms. The van der Waals surface area contributed by atoms with E-state index in [4.69, 9.17) is 0 Å². The van der Waals surface area contributed by atoms with Gasteiger partial charge in [0.1, 0.15) is 5.82 Å². The van der Waals surface area contributed by atoms with Crippen LogP contribution < -0.4 is 15.5 Å². The lowest BCUT2D eigenvalue weighted by atomic mass is 9.99. The van der Waals surface area contributed by atoms with Gasteiger partial charge in [0.15, 0.2) is 5.78 Å². The van der Waals surface area contributed by atoms with Crippen LogP contribution in [-0.2, 0) is 11.3 Å². The molecule has 3 N–H and O–H groups in total. The first kappa shape index (κ1) is 24.6. The first-order chi connectivity index (χ1) is 18.4. The second-order valence-electron chi connectivity index (χ2n) is 8.61. The molecule has 1 aliphatic rings. The number of imidazole rings is 1. The summed E-state index contributed by atoms with van der Waals surface area (Å²) in [7, 11) is 0. The highest BCUT2D eigenvalue weighted by molar-refractivity contribution is 6.20. The van der Waals surface area contributed by atoms with E-state index in [2.05, 4.69) is 25.6 Å². The predicted molar refractivity (Wildman–Crippen MR) is 141 cm³/mol. The fourth-order valence-corrected chi connectivity index (χ4v) is 4.20. The lowest BCUT2D eigenvalue weighted by molar-refractivity contribution is -0.120. The molecule has 1 atom stereocenters. The maximum Gasteiger partial charge on any atom is 0.321 e. The first-order valence-corrected chi connectivity index (χ1v) is 11.8. The molecule has 38 heavy (non-hydrogen) atoms. The number of H-pyrrole nitrogens is 1. The van der Waals surface area contributed by atoms with Crippen LogP contribution in [0, 0.1) is 5.82 Å². The van der Waals surface area contributed by atoms with Gasteiger partial charge in [-0.25, -0.2) is 19.2 Å². The molecule has 0 radical (unpaired) electrons. The Morgan fingerprint density at radius 1 is 1.03 bits per heavy atom. The van der Waals surface area contributed by atoms with Crippen molar-refractivity contribution >= 4 is 34.8 Å². The van der Waals surface area contributed by atoms with Crippen LogP contribution in [-0.4, -0.2) is 39.6 Å². The molecule has 0 saturated carbocycles. The summed E-state index contributed by atoms with van der Waals surface area (Å²) in [6.07, 6.45) is 1.72. The van der Waals surface area contributed by atoms with Gasteiger partial charge < -0.3 is 20.5 Å². The zero-order chi connectivity index (χ0) is 26.6. The van der Waals surface area contributed by atoms with E-state index in [1.807, 2.05) is 0 Å². The summed E-state index contributed by atoms with van der Waals surface area (Å²) in [6, 6.07) is 18.9. The molecule has 1 aromatic heterocycles. The van der Waals surface area contributed by atoms with E-state index in [-0.39, 0.29) is 23.6 Å². The molecular formula is C28H23FN6O3. The van der Waals surface area contributed by atoms with Crippen LogP contribution in [0.3, 0.4) is 0 Å². The molecule has 3 aromatic carbocycles. The Hall–Kier alpha value is -5.12. The molecule has 9 nitrogen and oxygen atoms in total. The van der Waals surface area contributed by atoms with Crippen LogP contribution >= 0.6 is 0 Å². The summed E-state index contributed by atoms with van der Waals surface area (Å²) in [5.74, 6) is -1.19. The van der Waals surface area contributed by atoms with Crippen molar-refractivity contribution < 1.29 is 18.8 Å². The minimum absolute atomic E-state index is 0.121. The van der Waals surface area contributed by atoms with Gasteiger partial charge in [0.2, 0.25) is 6.17 Å². The van der Waals surface area contributed by atoms with Crippen molar-refractivity contribution in [2.24, 2.45) is 4.99 Å². The Morgan fingerprint density at radius 2 is 1.79 bits per heavy atom. The second-order valence-corrected chi connectivity index (χ2v) is 8.61. The monoisotopic (exact) mass is 510 g/mol.